The SMILES string of the molecule is CCCC(CC)Cc1nc(C)c2c(=O)[nH]c(-c3ccccc3S(=O)(=O)Cl)nn12. The number of nitrogens with zero attached hydrogens (tertiary/aromatic N) is 3. The van der Waals surface area contributed by atoms with Gasteiger partial charge in [0.25, 0.3) is 14.6 Å². The van der Waals surface area contributed by atoms with E-state index in [2.05, 4.69) is 28.9 Å². The van der Waals surface area contributed by atoms with Gasteiger partial charge in [0, 0.05) is 22.7 Å². The summed E-state index contributed by atoms with van der Waals surface area (Å²) < 4.78 is 25.4. The average molecular weight is 423 g/mol. The molecule has 0 saturated carbocycles. The van der Waals surface area contributed by atoms with E-state index < -0.39 is 9.05 Å². The molecule has 0 bridgehead atoms. The van der Waals surface area contributed by atoms with Crippen LogP contribution in [0.2, 0.25) is 0 Å². The van der Waals surface area contributed by atoms with Crippen molar-refractivity contribution >= 4 is 25.2 Å². The van der Waals surface area contributed by atoms with E-state index in [-0.39, 0.29) is 21.8 Å². The van der Waals surface area contributed by atoms with Crippen molar-refractivity contribution < 1.29 is 8.42 Å². The number of hydrogen-bond donors (Lipinski definition) is 1. The number of imidazole rings is 1. The van der Waals surface area contributed by atoms with Crippen LogP contribution in [0.5, 0.6) is 0 Å². The van der Waals surface area contributed by atoms with Crippen molar-refractivity contribution in [2.24, 2.45) is 5.92 Å². The zero-order valence-electron chi connectivity index (χ0n) is 16.1. The van der Waals surface area contributed by atoms with Crippen LogP contribution in [0.4, 0.5) is 0 Å². The maximum Gasteiger partial charge on any atom is 0.277 e. The fourth-order valence-electron chi connectivity index (χ4n) is 3.48. The second-order valence-corrected chi connectivity index (χ2v) is 9.41. The lowest BCUT2D eigenvalue weighted by molar-refractivity contribution is 0.448. The topological polar surface area (TPSA) is 97.2 Å². The molecule has 1 atom stereocenters. The molecule has 1 aromatic carbocycles. The van der Waals surface area contributed by atoms with Crippen molar-refractivity contribution in [2.45, 2.75) is 51.3 Å². The third kappa shape index (κ3) is 3.98. The van der Waals surface area contributed by atoms with Crippen LogP contribution in [-0.2, 0) is 15.5 Å². The molecule has 3 aromatic rings. The molecule has 0 aliphatic rings. The number of rotatable bonds is 7. The molecule has 2 heterocycles. The van der Waals surface area contributed by atoms with Crippen LogP contribution in [0.15, 0.2) is 34.0 Å². The number of H-pyrrole nitrogens is 1. The molecule has 2 aromatic heterocycles. The highest BCUT2D eigenvalue weighted by Gasteiger charge is 2.21. The Kier molecular flexibility index (Phi) is 5.90. The minimum Gasteiger partial charge on any atom is -0.303 e. The standard InChI is InChI=1S/C19H23ClN4O3S/c1-4-8-13(5-2)11-16-21-12(3)17-19(25)22-18(23-24(16)17)14-9-6-7-10-15(14)28(20,26)27/h6-7,9-10,13H,4-5,8,11H2,1-3H3,(H,22,23,25). The summed E-state index contributed by atoms with van der Waals surface area (Å²) in [6.07, 6.45) is 3.84. The summed E-state index contributed by atoms with van der Waals surface area (Å²) >= 11 is 0. The maximum atomic E-state index is 12.7. The van der Waals surface area contributed by atoms with E-state index in [0.29, 0.717) is 29.4 Å². The van der Waals surface area contributed by atoms with E-state index in [0.717, 1.165) is 19.3 Å². The first kappa shape index (κ1) is 20.5. The summed E-state index contributed by atoms with van der Waals surface area (Å²) in [5.41, 5.74) is 0.845. The normalized spacial score (nSPS) is 13.1. The molecule has 0 radical (unpaired) electrons. The minimum atomic E-state index is -4.00. The van der Waals surface area contributed by atoms with Crippen LogP contribution in [0.3, 0.4) is 0 Å². The molecule has 1 unspecified atom stereocenters. The lowest BCUT2D eigenvalue weighted by Gasteiger charge is -2.12. The fourth-order valence-corrected chi connectivity index (χ4v) is 4.55. The van der Waals surface area contributed by atoms with Gasteiger partial charge in [-0.2, -0.15) is 0 Å². The third-order valence-electron chi connectivity index (χ3n) is 4.89. The number of aromatic nitrogens is 4. The molecule has 1 N–H and O–H groups in total. The number of fused-ring (bicyclic) bond motifs is 1. The van der Waals surface area contributed by atoms with E-state index in [9.17, 15) is 13.2 Å². The number of halogens is 1. The first-order valence-corrected chi connectivity index (χ1v) is 11.6. The molecule has 28 heavy (non-hydrogen) atoms. The fraction of sp³-hybridized carbons (Fsp3) is 0.421. The van der Waals surface area contributed by atoms with Crippen LogP contribution in [0, 0.1) is 12.8 Å². The summed E-state index contributed by atoms with van der Waals surface area (Å²) in [7, 11) is 1.57. The smallest absolute Gasteiger partial charge is 0.277 e. The molecular weight excluding hydrogens is 400 g/mol. The summed E-state index contributed by atoms with van der Waals surface area (Å²) in [5, 5.41) is 4.52. The van der Waals surface area contributed by atoms with Gasteiger partial charge in [-0.05, 0) is 25.0 Å². The second kappa shape index (κ2) is 8.05. The Morgan fingerprint density at radius 1 is 1.25 bits per heavy atom. The lowest BCUT2D eigenvalue weighted by Crippen LogP contribution is -2.17. The molecule has 0 fully saturated rings. The average Bonchev–Trinajstić information content (AvgIpc) is 2.96. The Morgan fingerprint density at radius 2 is 1.96 bits per heavy atom. The molecular formula is C19H23ClN4O3S. The van der Waals surface area contributed by atoms with Crippen LogP contribution in [0.25, 0.3) is 16.9 Å². The molecule has 150 valence electrons. The van der Waals surface area contributed by atoms with Crippen molar-refractivity contribution in [3.05, 3.63) is 46.1 Å². The van der Waals surface area contributed by atoms with Crippen molar-refractivity contribution in [3.63, 3.8) is 0 Å². The van der Waals surface area contributed by atoms with E-state index in [4.69, 9.17) is 10.7 Å². The van der Waals surface area contributed by atoms with Gasteiger partial charge in [-0.15, -0.1) is 5.10 Å². The Hall–Kier alpha value is -2.19. The van der Waals surface area contributed by atoms with Gasteiger partial charge in [-0.3, -0.25) is 4.79 Å². The van der Waals surface area contributed by atoms with Crippen molar-refractivity contribution in [1.82, 2.24) is 19.6 Å². The van der Waals surface area contributed by atoms with Crippen LogP contribution in [-0.4, -0.2) is 28.0 Å². The summed E-state index contributed by atoms with van der Waals surface area (Å²) in [5.74, 6) is 1.28. The predicted molar refractivity (Wildman–Crippen MR) is 109 cm³/mol. The van der Waals surface area contributed by atoms with Gasteiger partial charge in [0.15, 0.2) is 11.3 Å². The van der Waals surface area contributed by atoms with Crippen molar-refractivity contribution in [3.8, 4) is 11.4 Å². The number of nitrogens with one attached hydrogen (secondary N) is 1. The molecule has 7 nitrogen and oxygen atoms in total. The molecule has 0 saturated heterocycles. The van der Waals surface area contributed by atoms with Crippen molar-refractivity contribution in [2.75, 3.05) is 0 Å². The number of benzene rings is 1. The van der Waals surface area contributed by atoms with Crippen LogP contribution in [0.1, 0.15) is 44.6 Å². The highest BCUT2D eigenvalue weighted by atomic mass is 35.7. The Balaban J connectivity index is 2.21. The van der Waals surface area contributed by atoms with Gasteiger partial charge in [0.05, 0.1) is 10.6 Å². The first-order chi connectivity index (χ1) is 13.3. The number of aromatic amines is 1. The quantitative estimate of drug-likeness (QED) is 0.585. The van der Waals surface area contributed by atoms with Crippen molar-refractivity contribution in [1.29, 1.82) is 0 Å². The minimum absolute atomic E-state index is 0.102. The zero-order chi connectivity index (χ0) is 20.5. The molecule has 3 rings (SSSR count). The summed E-state index contributed by atoms with van der Waals surface area (Å²) in [6, 6.07) is 6.18. The highest BCUT2D eigenvalue weighted by Crippen LogP contribution is 2.27. The first-order valence-electron chi connectivity index (χ1n) is 9.28. The van der Waals surface area contributed by atoms with Gasteiger partial charge in [0.2, 0.25) is 0 Å². The van der Waals surface area contributed by atoms with E-state index >= 15 is 0 Å². The molecule has 0 aliphatic carbocycles. The molecule has 0 aliphatic heterocycles. The Bertz CT molecular complexity index is 1170. The van der Waals surface area contributed by atoms with Gasteiger partial charge in [-0.25, -0.2) is 17.9 Å². The van der Waals surface area contributed by atoms with Crippen LogP contribution < -0.4 is 5.56 Å². The third-order valence-corrected chi connectivity index (χ3v) is 6.27. The summed E-state index contributed by atoms with van der Waals surface area (Å²) in [4.78, 5) is 19.8. The molecule has 9 heteroatoms. The van der Waals surface area contributed by atoms with E-state index in [1.165, 1.54) is 6.07 Å². The van der Waals surface area contributed by atoms with Gasteiger partial charge in [-0.1, -0.05) is 45.2 Å². The molecule has 0 spiro atoms. The second-order valence-electron chi connectivity index (χ2n) is 6.88. The van der Waals surface area contributed by atoms with Gasteiger partial charge >= 0.3 is 0 Å². The Morgan fingerprint density at radius 3 is 2.61 bits per heavy atom. The Labute approximate surface area is 168 Å². The largest absolute Gasteiger partial charge is 0.303 e. The maximum absolute atomic E-state index is 12.7. The lowest BCUT2D eigenvalue weighted by atomic mass is 9.97. The molecule has 0 amide bonds. The summed E-state index contributed by atoms with van der Waals surface area (Å²) in [6.45, 7) is 6.05. The van der Waals surface area contributed by atoms with Gasteiger partial charge < -0.3 is 4.98 Å². The van der Waals surface area contributed by atoms with E-state index in [1.54, 1.807) is 29.6 Å². The zero-order valence-corrected chi connectivity index (χ0v) is 17.6. The van der Waals surface area contributed by atoms with E-state index in [1.807, 2.05) is 0 Å². The van der Waals surface area contributed by atoms with Crippen LogP contribution >= 0.6 is 10.7 Å². The predicted octanol–water partition coefficient (Wildman–Crippen LogP) is 3.69. The highest BCUT2D eigenvalue weighted by molar-refractivity contribution is 8.13. The monoisotopic (exact) mass is 422 g/mol. The van der Waals surface area contributed by atoms with Gasteiger partial charge in [0.1, 0.15) is 5.82 Å². The number of aryl methyl sites for hydroxylation is 1. The number of hydrogen-bond acceptors (Lipinski definition) is 5.